The largest absolute Gasteiger partial charge is 0.341 e. The molecule has 7 heteroatoms. The van der Waals surface area contributed by atoms with Crippen LogP contribution in [0.4, 0.5) is 0 Å². The maximum absolute atomic E-state index is 12.9. The number of aryl methyl sites for hydroxylation is 1. The summed E-state index contributed by atoms with van der Waals surface area (Å²) in [5, 5.41) is 8.39. The Balaban J connectivity index is 1.21. The number of likely N-dealkylation sites (tertiary alicyclic amines) is 1. The molecule has 1 unspecified atom stereocenters. The van der Waals surface area contributed by atoms with Gasteiger partial charge in [-0.2, -0.15) is 5.10 Å². The van der Waals surface area contributed by atoms with Gasteiger partial charge >= 0.3 is 0 Å². The molecular weight excluding hydrogens is 364 g/mol. The molecular formula is C22H28N6O. The molecule has 3 aromatic rings. The third-order valence-corrected chi connectivity index (χ3v) is 6.49. The Morgan fingerprint density at radius 3 is 2.90 bits per heavy atom. The molecule has 1 fully saturated rings. The number of para-hydroxylation sites is 1. The van der Waals surface area contributed by atoms with E-state index in [0.29, 0.717) is 12.3 Å². The van der Waals surface area contributed by atoms with E-state index < -0.39 is 6.04 Å². The van der Waals surface area contributed by atoms with Crippen molar-refractivity contribution in [3.05, 3.63) is 47.7 Å². The lowest BCUT2D eigenvalue weighted by atomic mass is 9.94. The zero-order chi connectivity index (χ0) is 19.8. The van der Waals surface area contributed by atoms with Crippen molar-refractivity contribution in [2.75, 3.05) is 13.1 Å². The van der Waals surface area contributed by atoms with Crippen molar-refractivity contribution in [3.63, 3.8) is 0 Å². The topological polar surface area (TPSA) is 92.8 Å². The molecule has 2 aliphatic rings. The van der Waals surface area contributed by atoms with Crippen molar-refractivity contribution in [2.45, 2.75) is 57.0 Å². The van der Waals surface area contributed by atoms with Crippen LogP contribution < -0.4 is 5.73 Å². The van der Waals surface area contributed by atoms with Gasteiger partial charge in [0, 0.05) is 54.9 Å². The Morgan fingerprint density at radius 2 is 2.03 bits per heavy atom. The number of H-pyrrole nitrogens is 1. The first-order valence-corrected chi connectivity index (χ1v) is 10.7. The maximum Gasteiger partial charge on any atom is 0.239 e. The molecule has 7 nitrogen and oxygen atoms in total. The lowest BCUT2D eigenvalue weighted by Crippen LogP contribution is -2.48. The predicted octanol–water partition coefficient (Wildman–Crippen LogP) is 2.37. The molecule has 0 saturated carbocycles. The minimum atomic E-state index is -0.547. The van der Waals surface area contributed by atoms with Crippen molar-refractivity contribution < 1.29 is 4.79 Å². The number of benzene rings is 1. The Bertz CT molecular complexity index is 1010. The minimum Gasteiger partial charge on any atom is -0.341 e. The number of piperidine rings is 1. The number of nitrogens with two attached hydrogens (primary N) is 1. The van der Waals surface area contributed by atoms with E-state index in [4.69, 9.17) is 10.7 Å². The molecule has 1 aromatic carbocycles. The summed E-state index contributed by atoms with van der Waals surface area (Å²) in [5.74, 6) is 1.70. The summed E-state index contributed by atoms with van der Waals surface area (Å²) in [7, 11) is 0. The van der Waals surface area contributed by atoms with E-state index in [1.165, 1.54) is 24.4 Å². The molecule has 3 N–H and O–H groups in total. The van der Waals surface area contributed by atoms with Crippen molar-refractivity contribution in [1.29, 1.82) is 0 Å². The van der Waals surface area contributed by atoms with Crippen LogP contribution in [0, 0.1) is 0 Å². The van der Waals surface area contributed by atoms with Crippen LogP contribution in [-0.2, 0) is 24.2 Å². The Kier molecular flexibility index (Phi) is 4.83. The van der Waals surface area contributed by atoms with Gasteiger partial charge in [-0.1, -0.05) is 18.2 Å². The molecule has 4 heterocycles. The van der Waals surface area contributed by atoms with Gasteiger partial charge < -0.3 is 15.2 Å². The van der Waals surface area contributed by atoms with Crippen molar-refractivity contribution in [3.8, 4) is 0 Å². The molecule has 1 saturated heterocycles. The average Bonchev–Trinajstić information content (AvgIpc) is 3.38. The molecule has 0 aliphatic carbocycles. The van der Waals surface area contributed by atoms with Crippen LogP contribution >= 0.6 is 0 Å². The summed E-state index contributed by atoms with van der Waals surface area (Å²) >= 11 is 0. The van der Waals surface area contributed by atoms with E-state index in [2.05, 4.69) is 21.0 Å². The average molecular weight is 393 g/mol. The second-order valence-electron chi connectivity index (χ2n) is 8.35. The summed E-state index contributed by atoms with van der Waals surface area (Å²) in [6.07, 6.45) is 8.10. The molecule has 0 bridgehead atoms. The van der Waals surface area contributed by atoms with Crippen molar-refractivity contribution in [1.82, 2.24) is 24.6 Å². The molecule has 5 rings (SSSR count). The molecule has 2 aliphatic heterocycles. The number of aromatic amines is 1. The quantitative estimate of drug-likeness (QED) is 0.713. The molecule has 29 heavy (non-hydrogen) atoms. The Morgan fingerprint density at radius 1 is 1.21 bits per heavy atom. The first kappa shape index (κ1) is 18.4. The number of hydrogen-bond donors (Lipinski definition) is 2. The number of carbonyl (C=O) groups excluding carboxylic acids is 1. The number of aromatic nitrogens is 4. The van der Waals surface area contributed by atoms with Crippen LogP contribution in [0.15, 0.2) is 30.5 Å². The van der Waals surface area contributed by atoms with Gasteiger partial charge in [0.05, 0.1) is 11.6 Å². The number of rotatable bonds is 4. The predicted molar refractivity (Wildman–Crippen MR) is 111 cm³/mol. The number of nitrogens with one attached hydrogen (secondary N) is 1. The minimum absolute atomic E-state index is 0.0345. The third kappa shape index (κ3) is 3.44. The van der Waals surface area contributed by atoms with Gasteiger partial charge in [-0.25, -0.2) is 4.98 Å². The standard InChI is InChI=1S/C22H28N6O/c23-18(13-20-17-6-1-2-7-19(17)25-26-20)22(29)27-11-8-15(9-12-27)21-24-14-16-5-3-4-10-28(16)21/h1-2,6-7,14-15,18H,3-5,8-13,23H2,(H,25,26). The smallest absolute Gasteiger partial charge is 0.239 e. The fraction of sp³-hybridized carbons (Fsp3) is 0.500. The maximum atomic E-state index is 12.9. The van der Waals surface area contributed by atoms with E-state index in [0.717, 1.165) is 55.5 Å². The molecule has 0 radical (unpaired) electrons. The molecule has 2 aromatic heterocycles. The summed E-state index contributed by atoms with van der Waals surface area (Å²) in [5.41, 5.74) is 9.51. The number of amides is 1. The van der Waals surface area contributed by atoms with Crippen LogP contribution in [0.2, 0.25) is 0 Å². The van der Waals surface area contributed by atoms with Gasteiger partial charge in [0.1, 0.15) is 5.82 Å². The zero-order valence-corrected chi connectivity index (χ0v) is 16.7. The fourth-order valence-electron chi connectivity index (χ4n) is 4.86. The van der Waals surface area contributed by atoms with E-state index >= 15 is 0 Å². The second-order valence-corrected chi connectivity index (χ2v) is 8.35. The van der Waals surface area contributed by atoms with Crippen LogP contribution in [0.5, 0.6) is 0 Å². The van der Waals surface area contributed by atoms with Crippen LogP contribution in [0.3, 0.4) is 0 Å². The van der Waals surface area contributed by atoms with Gasteiger partial charge in [-0.3, -0.25) is 9.89 Å². The van der Waals surface area contributed by atoms with Gasteiger partial charge in [-0.05, 0) is 38.2 Å². The summed E-state index contributed by atoms with van der Waals surface area (Å²) in [6.45, 7) is 2.60. The van der Waals surface area contributed by atoms with E-state index in [-0.39, 0.29) is 5.91 Å². The normalized spacial score (nSPS) is 18.7. The van der Waals surface area contributed by atoms with Gasteiger partial charge in [0.15, 0.2) is 0 Å². The summed E-state index contributed by atoms with van der Waals surface area (Å²) in [6, 6.07) is 7.37. The van der Waals surface area contributed by atoms with Crippen LogP contribution in [0.1, 0.15) is 48.8 Å². The number of hydrogen-bond acceptors (Lipinski definition) is 4. The number of carbonyl (C=O) groups is 1. The lowest BCUT2D eigenvalue weighted by Gasteiger charge is -2.33. The van der Waals surface area contributed by atoms with E-state index in [1.807, 2.05) is 29.2 Å². The monoisotopic (exact) mass is 392 g/mol. The third-order valence-electron chi connectivity index (χ3n) is 6.49. The van der Waals surface area contributed by atoms with Gasteiger partial charge in [0.25, 0.3) is 0 Å². The van der Waals surface area contributed by atoms with E-state index in [1.54, 1.807) is 0 Å². The molecule has 152 valence electrons. The number of nitrogens with zero attached hydrogens (tertiary/aromatic N) is 4. The first-order chi connectivity index (χ1) is 14.2. The highest BCUT2D eigenvalue weighted by molar-refractivity contribution is 5.85. The lowest BCUT2D eigenvalue weighted by molar-refractivity contribution is -0.133. The molecule has 1 amide bonds. The number of fused-ring (bicyclic) bond motifs is 2. The van der Waals surface area contributed by atoms with Crippen LogP contribution in [0.25, 0.3) is 10.9 Å². The Hall–Kier alpha value is -2.67. The highest BCUT2D eigenvalue weighted by Gasteiger charge is 2.30. The highest BCUT2D eigenvalue weighted by atomic mass is 16.2. The Labute approximate surface area is 170 Å². The van der Waals surface area contributed by atoms with Gasteiger partial charge in [0.2, 0.25) is 5.91 Å². The molecule has 1 atom stereocenters. The summed E-state index contributed by atoms with van der Waals surface area (Å²) < 4.78 is 2.42. The van der Waals surface area contributed by atoms with Crippen LogP contribution in [-0.4, -0.2) is 49.7 Å². The second kappa shape index (κ2) is 7.63. The van der Waals surface area contributed by atoms with E-state index in [9.17, 15) is 4.79 Å². The fourth-order valence-corrected chi connectivity index (χ4v) is 4.86. The molecule has 0 spiro atoms. The number of imidazole rings is 1. The van der Waals surface area contributed by atoms with Crippen molar-refractivity contribution in [2.24, 2.45) is 5.73 Å². The zero-order valence-electron chi connectivity index (χ0n) is 16.7. The van der Waals surface area contributed by atoms with Crippen molar-refractivity contribution >= 4 is 16.8 Å². The highest BCUT2D eigenvalue weighted by Crippen LogP contribution is 2.30. The van der Waals surface area contributed by atoms with Gasteiger partial charge in [-0.15, -0.1) is 0 Å². The summed E-state index contributed by atoms with van der Waals surface area (Å²) in [4.78, 5) is 19.6. The first-order valence-electron chi connectivity index (χ1n) is 10.7. The SMILES string of the molecule is NC(Cc1[nH]nc2ccccc12)C(=O)N1CCC(c2ncc3n2CCCC3)CC1.